The average molecular weight is 240 g/mol. The van der Waals surface area contributed by atoms with Crippen LogP contribution >= 0.6 is 0 Å². The lowest BCUT2D eigenvalue weighted by Crippen LogP contribution is -2.61. The molecule has 0 aromatic heterocycles. The molecule has 2 heterocycles. The van der Waals surface area contributed by atoms with E-state index in [1.807, 2.05) is 11.8 Å². The lowest BCUT2D eigenvalue weighted by molar-refractivity contribution is -0.127. The molecule has 0 spiro atoms. The van der Waals surface area contributed by atoms with Crippen molar-refractivity contribution in [2.45, 2.75) is 19.4 Å². The van der Waals surface area contributed by atoms with Crippen LogP contribution in [0.4, 0.5) is 4.79 Å². The van der Waals surface area contributed by atoms with Crippen LogP contribution in [0, 0.1) is 0 Å². The lowest BCUT2D eigenvalue weighted by atomic mass is 10.1. The molecule has 0 bridgehead atoms. The minimum Gasteiger partial charge on any atom is -0.353 e. The number of amides is 3. The van der Waals surface area contributed by atoms with Crippen LogP contribution in [0.15, 0.2) is 0 Å². The van der Waals surface area contributed by atoms with Gasteiger partial charge in [-0.15, -0.1) is 0 Å². The number of carbonyl (C=O) groups is 2. The molecular formula is C11H20N4O2. The van der Waals surface area contributed by atoms with E-state index in [-0.39, 0.29) is 18.0 Å². The highest BCUT2D eigenvalue weighted by Gasteiger charge is 2.34. The number of nitrogens with zero attached hydrogens (tertiary/aromatic N) is 2. The fourth-order valence-corrected chi connectivity index (χ4v) is 2.39. The molecule has 0 aromatic carbocycles. The smallest absolute Gasteiger partial charge is 0.320 e. The van der Waals surface area contributed by atoms with E-state index < -0.39 is 0 Å². The van der Waals surface area contributed by atoms with Gasteiger partial charge >= 0.3 is 6.03 Å². The zero-order valence-electron chi connectivity index (χ0n) is 10.2. The Morgan fingerprint density at radius 3 is 2.65 bits per heavy atom. The van der Waals surface area contributed by atoms with E-state index in [0.717, 1.165) is 26.2 Å². The molecule has 1 unspecified atom stereocenters. The van der Waals surface area contributed by atoms with Crippen molar-refractivity contribution in [2.75, 3.05) is 39.3 Å². The van der Waals surface area contributed by atoms with Gasteiger partial charge in [0.1, 0.15) is 6.04 Å². The van der Waals surface area contributed by atoms with Gasteiger partial charge in [-0.25, -0.2) is 4.79 Å². The van der Waals surface area contributed by atoms with Gasteiger partial charge in [-0.2, -0.15) is 0 Å². The van der Waals surface area contributed by atoms with Gasteiger partial charge in [0, 0.05) is 39.3 Å². The first-order valence-corrected chi connectivity index (χ1v) is 6.28. The van der Waals surface area contributed by atoms with E-state index in [1.54, 1.807) is 4.90 Å². The van der Waals surface area contributed by atoms with Crippen LogP contribution in [-0.4, -0.2) is 67.0 Å². The Bertz CT molecular complexity index is 302. The van der Waals surface area contributed by atoms with Crippen LogP contribution in [0.3, 0.4) is 0 Å². The van der Waals surface area contributed by atoms with Crippen molar-refractivity contribution in [3.8, 4) is 0 Å². The Labute approximate surface area is 101 Å². The number of nitrogens with one attached hydrogen (secondary N) is 2. The largest absolute Gasteiger partial charge is 0.353 e. The van der Waals surface area contributed by atoms with Gasteiger partial charge in [-0.3, -0.25) is 4.79 Å². The summed E-state index contributed by atoms with van der Waals surface area (Å²) in [5.74, 6) is -0.0257. The topological polar surface area (TPSA) is 64.7 Å². The Hall–Kier alpha value is -1.30. The molecule has 0 radical (unpaired) electrons. The molecule has 2 saturated heterocycles. The van der Waals surface area contributed by atoms with E-state index in [1.165, 1.54) is 0 Å². The molecule has 1 atom stereocenters. The summed E-state index contributed by atoms with van der Waals surface area (Å²) in [4.78, 5) is 27.5. The maximum atomic E-state index is 12.3. The van der Waals surface area contributed by atoms with E-state index in [9.17, 15) is 9.59 Å². The summed E-state index contributed by atoms with van der Waals surface area (Å²) in [6.45, 7) is 6.25. The summed E-state index contributed by atoms with van der Waals surface area (Å²) >= 11 is 0. The van der Waals surface area contributed by atoms with Crippen LogP contribution in [0.2, 0.25) is 0 Å². The molecule has 6 heteroatoms. The fourth-order valence-electron chi connectivity index (χ4n) is 2.39. The van der Waals surface area contributed by atoms with E-state index in [0.29, 0.717) is 19.5 Å². The van der Waals surface area contributed by atoms with Crippen molar-refractivity contribution in [2.24, 2.45) is 0 Å². The molecule has 0 saturated carbocycles. The van der Waals surface area contributed by atoms with Crippen molar-refractivity contribution >= 4 is 11.9 Å². The van der Waals surface area contributed by atoms with Crippen molar-refractivity contribution in [1.82, 2.24) is 20.4 Å². The van der Waals surface area contributed by atoms with Crippen LogP contribution in [-0.2, 0) is 4.79 Å². The minimum absolute atomic E-state index is 0.00759. The second-order valence-corrected chi connectivity index (χ2v) is 4.43. The van der Waals surface area contributed by atoms with E-state index >= 15 is 0 Å². The molecule has 2 aliphatic heterocycles. The Kier molecular flexibility index (Phi) is 3.83. The number of hydrogen-bond donors (Lipinski definition) is 2. The second-order valence-electron chi connectivity index (χ2n) is 4.43. The maximum absolute atomic E-state index is 12.3. The van der Waals surface area contributed by atoms with Gasteiger partial charge in [0.15, 0.2) is 0 Å². The molecule has 2 N–H and O–H groups in total. The first-order chi connectivity index (χ1) is 8.24. The summed E-state index contributed by atoms with van der Waals surface area (Å²) in [5, 5.41) is 6.02. The van der Waals surface area contributed by atoms with Gasteiger partial charge in [0.2, 0.25) is 5.91 Å². The van der Waals surface area contributed by atoms with Crippen LogP contribution in [0.5, 0.6) is 0 Å². The minimum atomic E-state index is -0.300. The molecule has 0 aliphatic carbocycles. The van der Waals surface area contributed by atoms with E-state index in [2.05, 4.69) is 10.6 Å². The number of hydrogen-bond acceptors (Lipinski definition) is 3. The standard InChI is InChI=1S/C11H20N4O2/c1-2-9-10(16)13-5-8-15(9)11(17)14-6-3-12-4-7-14/h9,12H,2-8H2,1H3,(H,13,16). The summed E-state index contributed by atoms with van der Waals surface area (Å²) < 4.78 is 0. The van der Waals surface area contributed by atoms with Gasteiger partial charge in [0.25, 0.3) is 0 Å². The number of urea groups is 1. The molecule has 17 heavy (non-hydrogen) atoms. The number of carbonyl (C=O) groups excluding carboxylic acids is 2. The predicted octanol–water partition coefficient (Wildman–Crippen LogP) is -0.778. The average Bonchev–Trinajstić information content (AvgIpc) is 2.38. The molecule has 96 valence electrons. The molecule has 3 amide bonds. The molecular weight excluding hydrogens is 220 g/mol. The zero-order valence-corrected chi connectivity index (χ0v) is 10.2. The van der Waals surface area contributed by atoms with Gasteiger partial charge in [-0.05, 0) is 6.42 Å². The lowest BCUT2D eigenvalue weighted by Gasteiger charge is -2.39. The Morgan fingerprint density at radius 2 is 2.00 bits per heavy atom. The summed E-state index contributed by atoms with van der Waals surface area (Å²) in [6.07, 6.45) is 0.670. The third-order valence-corrected chi connectivity index (χ3v) is 3.35. The highest BCUT2D eigenvalue weighted by Crippen LogP contribution is 2.12. The molecule has 0 aromatic rings. The predicted molar refractivity (Wildman–Crippen MR) is 63.6 cm³/mol. The van der Waals surface area contributed by atoms with Crippen LogP contribution in [0.1, 0.15) is 13.3 Å². The Balaban J connectivity index is 2.03. The highest BCUT2D eigenvalue weighted by molar-refractivity contribution is 5.88. The maximum Gasteiger partial charge on any atom is 0.320 e. The van der Waals surface area contributed by atoms with Crippen molar-refractivity contribution in [1.29, 1.82) is 0 Å². The van der Waals surface area contributed by atoms with Gasteiger partial charge in [0.05, 0.1) is 0 Å². The molecule has 2 rings (SSSR count). The highest BCUT2D eigenvalue weighted by atomic mass is 16.2. The van der Waals surface area contributed by atoms with Crippen LogP contribution in [0.25, 0.3) is 0 Å². The van der Waals surface area contributed by atoms with Gasteiger partial charge in [-0.1, -0.05) is 6.92 Å². The SMILES string of the molecule is CCC1C(=O)NCCN1C(=O)N1CCNCC1. The van der Waals surface area contributed by atoms with Gasteiger partial charge < -0.3 is 20.4 Å². The molecule has 2 fully saturated rings. The Morgan fingerprint density at radius 1 is 1.29 bits per heavy atom. The normalized spacial score (nSPS) is 25.7. The van der Waals surface area contributed by atoms with Crippen molar-refractivity contribution in [3.05, 3.63) is 0 Å². The molecule has 2 aliphatic rings. The third-order valence-electron chi connectivity index (χ3n) is 3.35. The first-order valence-electron chi connectivity index (χ1n) is 6.28. The second kappa shape index (κ2) is 5.35. The quantitative estimate of drug-likeness (QED) is 0.632. The van der Waals surface area contributed by atoms with Crippen molar-refractivity contribution in [3.63, 3.8) is 0 Å². The summed E-state index contributed by atoms with van der Waals surface area (Å²) in [5.41, 5.74) is 0. The van der Waals surface area contributed by atoms with Crippen LogP contribution < -0.4 is 10.6 Å². The van der Waals surface area contributed by atoms with E-state index in [4.69, 9.17) is 0 Å². The fraction of sp³-hybridized carbons (Fsp3) is 0.818. The number of piperazine rings is 2. The molecule has 6 nitrogen and oxygen atoms in total. The third kappa shape index (κ3) is 2.52. The summed E-state index contributed by atoms with van der Waals surface area (Å²) in [7, 11) is 0. The summed E-state index contributed by atoms with van der Waals surface area (Å²) in [6, 6.07) is -0.292. The van der Waals surface area contributed by atoms with Crippen molar-refractivity contribution < 1.29 is 9.59 Å². The zero-order chi connectivity index (χ0) is 12.3. The number of rotatable bonds is 1. The monoisotopic (exact) mass is 240 g/mol. The first kappa shape index (κ1) is 12.2.